The van der Waals surface area contributed by atoms with Gasteiger partial charge < -0.3 is 4.90 Å². The van der Waals surface area contributed by atoms with Crippen LogP contribution in [-0.4, -0.2) is 73.0 Å². The van der Waals surface area contributed by atoms with Gasteiger partial charge in [-0.1, -0.05) is 65.3 Å². The number of amides is 1. The Balaban J connectivity index is 1.23. The Hall–Kier alpha value is -1.65. The maximum absolute atomic E-state index is 13.0. The van der Waals surface area contributed by atoms with Gasteiger partial charge in [0, 0.05) is 51.4 Å². The monoisotopic (exact) mass is 451 g/mol. The molecular weight excluding hydrogens is 406 g/mol. The van der Waals surface area contributed by atoms with Gasteiger partial charge in [-0.2, -0.15) is 0 Å². The highest BCUT2D eigenvalue weighted by Crippen LogP contribution is 2.59. The molecule has 1 amide bonds. The molecule has 0 radical (unpaired) electrons. The molecule has 1 saturated heterocycles. The topological polar surface area (TPSA) is 26.8 Å². The summed E-state index contributed by atoms with van der Waals surface area (Å²) in [5, 5.41) is 0. The lowest BCUT2D eigenvalue weighted by atomic mass is 9.49. The summed E-state index contributed by atoms with van der Waals surface area (Å²) >= 11 is 0. The lowest BCUT2D eigenvalue weighted by Crippen LogP contribution is -2.51. The molecule has 4 nitrogen and oxygen atoms in total. The van der Waals surface area contributed by atoms with E-state index in [2.05, 4.69) is 69.6 Å². The second-order valence-electron chi connectivity index (χ2n) is 12.2. The van der Waals surface area contributed by atoms with Crippen LogP contribution in [0.4, 0.5) is 0 Å². The van der Waals surface area contributed by atoms with Crippen LogP contribution >= 0.6 is 0 Å². The van der Waals surface area contributed by atoms with Crippen molar-refractivity contribution in [2.75, 3.05) is 52.4 Å². The molecule has 1 aliphatic heterocycles. The third-order valence-electron chi connectivity index (χ3n) is 8.83. The number of hydrogen-bond donors (Lipinski definition) is 0. The zero-order valence-electron chi connectivity index (χ0n) is 21.9. The summed E-state index contributed by atoms with van der Waals surface area (Å²) in [4.78, 5) is 20.2. The van der Waals surface area contributed by atoms with Crippen LogP contribution in [0.15, 0.2) is 35.9 Å². The van der Waals surface area contributed by atoms with E-state index in [0.717, 1.165) is 69.8 Å². The van der Waals surface area contributed by atoms with Crippen molar-refractivity contribution in [1.82, 2.24) is 14.7 Å². The number of nitrogens with zero attached hydrogens (tertiary/aromatic N) is 3. The number of rotatable bonds is 7. The van der Waals surface area contributed by atoms with E-state index in [9.17, 15) is 4.79 Å². The fourth-order valence-electron chi connectivity index (χ4n) is 6.02. The van der Waals surface area contributed by atoms with Crippen molar-refractivity contribution in [3.05, 3.63) is 47.0 Å². The van der Waals surface area contributed by atoms with Gasteiger partial charge >= 0.3 is 0 Å². The van der Waals surface area contributed by atoms with Crippen LogP contribution in [0.5, 0.6) is 0 Å². The van der Waals surface area contributed by atoms with Gasteiger partial charge in [-0.15, -0.1) is 0 Å². The molecule has 4 aliphatic rings. The van der Waals surface area contributed by atoms with Crippen molar-refractivity contribution in [3.63, 3.8) is 0 Å². The Morgan fingerprint density at radius 1 is 1.09 bits per heavy atom. The Bertz CT molecular complexity index is 856. The number of benzene rings is 1. The van der Waals surface area contributed by atoms with Gasteiger partial charge in [0.25, 0.3) is 5.91 Å². The molecule has 3 aliphatic carbocycles. The average molecular weight is 452 g/mol. The summed E-state index contributed by atoms with van der Waals surface area (Å²) in [7, 11) is 0. The van der Waals surface area contributed by atoms with Crippen molar-refractivity contribution in [1.29, 1.82) is 0 Å². The Morgan fingerprint density at radius 3 is 2.30 bits per heavy atom. The first-order valence-corrected chi connectivity index (χ1v) is 13.1. The molecule has 2 unspecified atom stereocenters. The molecule has 1 saturated carbocycles. The summed E-state index contributed by atoms with van der Waals surface area (Å²) in [5.41, 5.74) is 4.41. The fourth-order valence-corrected chi connectivity index (χ4v) is 6.02. The largest absolute Gasteiger partial charge is 0.336 e. The first-order chi connectivity index (χ1) is 15.6. The summed E-state index contributed by atoms with van der Waals surface area (Å²) in [5.74, 6) is 1.89. The van der Waals surface area contributed by atoms with Crippen LogP contribution in [-0.2, 0) is 5.41 Å². The maximum atomic E-state index is 13.0. The molecule has 2 atom stereocenters. The summed E-state index contributed by atoms with van der Waals surface area (Å²) in [6.45, 7) is 21.9. The van der Waals surface area contributed by atoms with Gasteiger partial charge in [0.2, 0.25) is 0 Å². The molecule has 0 spiro atoms. The summed E-state index contributed by atoms with van der Waals surface area (Å²) in [6, 6.07) is 8.21. The fraction of sp³-hybridized carbons (Fsp3) is 0.690. The number of likely N-dealkylation sites (N-methyl/N-ethyl adjacent to an activating group) is 1. The third kappa shape index (κ3) is 5.22. The molecule has 33 heavy (non-hydrogen) atoms. The van der Waals surface area contributed by atoms with Gasteiger partial charge in [0.15, 0.2) is 0 Å². The second kappa shape index (κ2) is 9.54. The Kier molecular flexibility index (Phi) is 7.08. The molecular formula is C29H45N3O. The van der Waals surface area contributed by atoms with Gasteiger partial charge in [0.1, 0.15) is 0 Å². The van der Waals surface area contributed by atoms with E-state index in [1.165, 1.54) is 18.4 Å². The van der Waals surface area contributed by atoms with Crippen molar-refractivity contribution in [2.45, 2.75) is 59.8 Å². The number of carbonyl (C=O) groups excluding carboxylic acids is 1. The van der Waals surface area contributed by atoms with E-state index in [1.54, 1.807) is 5.57 Å². The molecule has 1 aromatic carbocycles. The van der Waals surface area contributed by atoms with E-state index in [1.807, 2.05) is 17.0 Å². The summed E-state index contributed by atoms with van der Waals surface area (Å²) < 4.78 is 0. The van der Waals surface area contributed by atoms with E-state index < -0.39 is 0 Å². The zero-order chi connectivity index (χ0) is 23.8. The minimum Gasteiger partial charge on any atom is -0.336 e. The van der Waals surface area contributed by atoms with Crippen LogP contribution in [0.3, 0.4) is 0 Å². The minimum absolute atomic E-state index is 0.115. The smallest absolute Gasteiger partial charge is 0.253 e. The van der Waals surface area contributed by atoms with E-state index in [4.69, 9.17) is 0 Å². The predicted octanol–water partition coefficient (Wildman–Crippen LogP) is 5.06. The number of fused-ring (bicyclic) bond motifs is 1. The predicted molar refractivity (Wildman–Crippen MR) is 138 cm³/mol. The highest BCUT2D eigenvalue weighted by molar-refractivity contribution is 5.94. The van der Waals surface area contributed by atoms with Crippen LogP contribution in [0.2, 0.25) is 0 Å². The molecule has 2 bridgehead atoms. The molecule has 1 heterocycles. The molecule has 4 heteroatoms. The van der Waals surface area contributed by atoms with Crippen LogP contribution in [0.25, 0.3) is 0 Å². The zero-order valence-corrected chi connectivity index (χ0v) is 21.9. The standard InChI is InChI=1S/C29H45N3O/c1-7-30(21-23-10-13-25-20-26(23)29(25,5)6)14-15-31-16-18-32(19-17-31)27(33)22-8-11-24(12-9-22)28(2,3)4/h8-12,25-26H,7,13-21H2,1-6H3. The van der Waals surface area contributed by atoms with Crippen molar-refractivity contribution in [2.24, 2.45) is 17.3 Å². The molecule has 2 fully saturated rings. The minimum atomic E-state index is 0.115. The second-order valence-corrected chi connectivity index (χ2v) is 12.2. The first kappa shape index (κ1) is 24.5. The number of carbonyl (C=O) groups is 1. The van der Waals surface area contributed by atoms with Crippen LogP contribution in [0, 0.1) is 17.3 Å². The number of allylic oxidation sites excluding steroid dienone is 1. The Morgan fingerprint density at radius 2 is 1.76 bits per heavy atom. The van der Waals surface area contributed by atoms with Gasteiger partial charge in [-0.25, -0.2) is 0 Å². The molecule has 0 N–H and O–H groups in total. The van der Waals surface area contributed by atoms with Gasteiger partial charge in [-0.05, 0) is 59.7 Å². The van der Waals surface area contributed by atoms with Crippen molar-refractivity contribution < 1.29 is 4.79 Å². The quantitative estimate of drug-likeness (QED) is 0.543. The van der Waals surface area contributed by atoms with Crippen molar-refractivity contribution >= 4 is 5.91 Å². The normalized spacial score (nSPS) is 25.1. The lowest BCUT2D eigenvalue weighted by Gasteiger charge is -2.57. The number of hydrogen-bond acceptors (Lipinski definition) is 3. The van der Waals surface area contributed by atoms with E-state index in [-0.39, 0.29) is 11.3 Å². The highest BCUT2D eigenvalue weighted by atomic mass is 16.2. The summed E-state index contributed by atoms with van der Waals surface area (Å²) in [6.07, 6.45) is 5.24. The third-order valence-corrected chi connectivity index (χ3v) is 8.83. The lowest BCUT2D eigenvalue weighted by molar-refractivity contribution is -0.0108. The molecule has 5 rings (SSSR count). The maximum Gasteiger partial charge on any atom is 0.253 e. The molecule has 0 aromatic heterocycles. The van der Waals surface area contributed by atoms with Crippen molar-refractivity contribution in [3.8, 4) is 0 Å². The van der Waals surface area contributed by atoms with Crippen LogP contribution in [0.1, 0.15) is 70.3 Å². The van der Waals surface area contributed by atoms with Gasteiger partial charge in [0.05, 0.1) is 0 Å². The first-order valence-electron chi connectivity index (χ1n) is 13.1. The van der Waals surface area contributed by atoms with E-state index in [0.29, 0.717) is 5.41 Å². The highest BCUT2D eigenvalue weighted by Gasteiger charge is 2.51. The average Bonchev–Trinajstić information content (AvgIpc) is 2.81. The molecule has 182 valence electrons. The SMILES string of the molecule is CCN(CCN1CCN(C(=O)c2ccc(C(C)(C)C)cc2)CC1)CC1=CCC2CC1C2(C)C. The number of piperazine rings is 1. The molecule has 1 aromatic rings. The van der Waals surface area contributed by atoms with Gasteiger partial charge in [-0.3, -0.25) is 14.6 Å². The van der Waals surface area contributed by atoms with Crippen LogP contribution < -0.4 is 0 Å². The van der Waals surface area contributed by atoms with E-state index >= 15 is 0 Å². The Labute approximate surface area is 202 Å².